The predicted octanol–water partition coefficient (Wildman–Crippen LogP) is 2.69. The first kappa shape index (κ1) is 10.1. The van der Waals surface area contributed by atoms with Gasteiger partial charge in [-0.3, -0.25) is 4.79 Å². The van der Waals surface area contributed by atoms with Gasteiger partial charge in [-0.1, -0.05) is 0 Å². The van der Waals surface area contributed by atoms with Crippen LogP contribution in [0.5, 0.6) is 0 Å². The first-order chi connectivity index (χ1) is 6.06. The van der Waals surface area contributed by atoms with Gasteiger partial charge in [0.05, 0.1) is 5.88 Å². The molecule has 1 aromatic rings. The summed E-state index contributed by atoms with van der Waals surface area (Å²) in [6.07, 6.45) is 0. The maximum Gasteiger partial charge on any atom is 0.177 e. The highest BCUT2D eigenvalue weighted by atomic mass is 35.5. The lowest BCUT2D eigenvalue weighted by molar-refractivity contribution is 0.102. The van der Waals surface area contributed by atoms with Crippen LogP contribution < -0.4 is 0 Å². The van der Waals surface area contributed by atoms with E-state index in [0.29, 0.717) is 5.56 Å². The van der Waals surface area contributed by atoms with Crippen LogP contribution in [0.15, 0.2) is 12.1 Å². The lowest BCUT2D eigenvalue weighted by Gasteiger charge is -2.02. The van der Waals surface area contributed by atoms with E-state index in [1.165, 1.54) is 6.92 Å². The number of ketones is 1. The van der Waals surface area contributed by atoms with E-state index < -0.39 is 17.4 Å². The van der Waals surface area contributed by atoms with Crippen molar-refractivity contribution in [2.45, 2.75) is 6.92 Å². The number of hydrogen-bond donors (Lipinski definition) is 0. The quantitative estimate of drug-likeness (QED) is 0.535. The van der Waals surface area contributed by atoms with Gasteiger partial charge in [0, 0.05) is 5.56 Å². The second-order valence-corrected chi connectivity index (χ2v) is 2.91. The summed E-state index contributed by atoms with van der Waals surface area (Å²) in [7, 11) is 0. The Morgan fingerprint density at radius 1 is 1.38 bits per heavy atom. The summed E-state index contributed by atoms with van der Waals surface area (Å²) < 4.78 is 25.3. The van der Waals surface area contributed by atoms with Gasteiger partial charge in [-0.05, 0) is 24.6 Å². The predicted molar refractivity (Wildman–Crippen MR) is 46.1 cm³/mol. The average Bonchev–Trinajstić information content (AvgIpc) is 2.10. The second-order valence-electron chi connectivity index (χ2n) is 2.64. The molecule has 1 nitrogen and oxygen atoms in total. The second kappa shape index (κ2) is 3.83. The minimum absolute atomic E-state index is 0.133. The molecule has 13 heavy (non-hydrogen) atoms. The molecule has 0 aliphatic carbocycles. The summed E-state index contributed by atoms with van der Waals surface area (Å²) in [4.78, 5) is 11.1. The van der Waals surface area contributed by atoms with Crippen LogP contribution in [0.3, 0.4) is 0 Å². The highest BCUT2D eigenvalue weighted by Crippen LogP contribution is 2.15. The highest BCUT2D eigenvalue weighted by Gasteiger charge is 2.12. The van der Waals surface area contributed by atoms with Crippen molar-refractivity contribution in [2.75, 3.05) is 5.88 Å². The maximum absolute atomic E-state index is 12.7. The molecule has 0 saturated heterocycles. The molecular weight excluding hydrogens is 198 g/mol. The molecule has 0 amide bonds. The van der Waals surface area contributed by atoms with Crippen LogP contribution in [0.25, 0.3) is 0 Å². The van der Waals surface area contributed by atoms with Crippen LogP contribution >= 0.6 is 11.6 Å². The third-order valence-corrected chi connectivity index (χ3v) is 1.93. The van der Waals surface area contributed by atoms with Gasteiger partial charge in [0.25, 0.3) is 0 Å². The van der Waals surface area contributed by atoms with E-state index in [-0.39, 0.29) is 11.4 Å². The summed E-state index contributed by atoms with van der Waals surface area (Å²) in [5.41, 5.74) is 0.526. The van der Waals surface area contributed by atoms with Gasteiger partial charge in [0.1, 0.15) is 0 Å². The van der Waals surface area contributed by atoms with Crippen LogP contribution in [0.2, 0.25) is 0 Å². The van der Waals surface area contributed by atoms with E-state index in [1.807, 2.05) is 0 Å². The number of carbonyl (C=O) groups excluding carboxylic acids is 1. The molecule has 0 atom stereocenters. The van der Waals surface area contributed by atoms with Crippen LogP contribution in [-0.4, -0.2) is 11.7 Å². The Balaban J connectivity index is 3.23. The average molecular weight is 205 g/mol. The van der Waals surface area contributed by atoms with Crippen LogP contribution in [0.4, 0.5) is 8.78 Å². The SMILES string of the molecule is Cc1cc(F)c(F)cc1C(=O)CCl. The third-order valence-electron chi connectivity index (χ3n) is 1.69. The normalized spacial score (nSPS) is 10.2. The lowest BCUT2D eigenvalue weighted by Crippen LogP contribution is -2.04. The maximum atomic E-state index is 12.7. The summed E-state index contributed by atoms with van der Waals surface area (Å²) in [6, 6.07) is 1.85. The van der Waals surface area contributed by atoms with Crippen molar-refractivity contribution in [3.05, 3.63) is 34.9 Å². The standard InChI is InChI=1S/C9H7ClF2O/c1-5-2-7(11)8(12)3-6(5)9(13)4-10/h2-3H,4H2,1H3. The zero-order valence-corrected chi connectivity index (χ0v) is 7.66. The zero-order chi connectivity index (χ0) is 10.0. The van der Waals surface area contributed by atoms with Crippen molar-refractivity contribution >= 4 is 17.4 Å². The number of hydrogen-bond acceptors (Lipinski definition) is 1. The van der Waals surface area contributed by atoms with Crippen molar-refractivity contribution in [2.24, 2.45) is 0 Å². The van der Waals surface area contributed by atoms with Crippen molar-refractivity contribution < 1.29 is 13.6 Å². The molecule has 1 rings (SSSR count). The van der Waals surface area contributed by atoms with E-state index in [0.717, 1.165) is 12.1 Å². The number of benzene rings is 1. The van der Waals surface area contributed by atoms with Crippen LogP contribution in [-0.2, 0) is 0 Å². The molecule has 0 aromatic heterocycles. The largest absolute Gasteiger partial charge is 0.293 e. The Labute approximate surface area is 79.3 Å². The zero-order valence-electron chi connectivity index (χ0n) is 6.90. The van der Waals surface area contributed by atoms with E-state index in [4.69, 9.17) is 11.6 Å². The van der Waals surface area contributed by atoms with Gasteiger partial charge in [-0.15, -0.1) is 11.6 Å². The van der Waals surface area contributed by atoms with Gasteiger partial charge in [-0.2, -0.15) is 0 Å². The molecule has 0 spiro atoms. The molecule has 0 N–H and O–H groups in total. The lowest BCUT2D eigenvalue weighted by atomic mass is 10.1. The van der Waals surface area contributed by atoms with Gasteiger partial charge < -0.3 is 0 Å². The molecule has 0 radical (unpaired) electrons. The first-order valence-electron chi connectivity index (χ1n) is 3.61. The fourth-order valence-corrected chi connectivity index (χ4v) is 1.16. The van der Waals surface area contributed by atoms with Gasteiger partial charge in [0.15, 0.2) is 17.4 Å². The molecule has 0 aliphatic rings. The number of halogens is 3. The number of Topliss-reactive ketones (excluding diaryl/α,β-unsaturated/α-hetero) is 1. The number of rotatable bonds is 2. The fourth-order valence-electron chi connectivity index (χ4n) is 1.02. The molecule has 0 heterocycles. The summed E-state index contributed by atoms with van der Waals surface area (Å²) >= 11 is 5.28. The van der Waals surface area contributed by atoms with E-state index >= 15 is 0 Å². The van der Waals surface area contributed by atoms with Crippen molar-refractivity contribution in [1.29, 1.82) is 0 Å². The molecule has 4 heteroatoms. The molecular formula is C9H7ClF2O. The summed E-state index contributed by atoms with van der Waals surface area (Å²) in [6.45, 7) is 1.53. The number of aryl methyl sites for hydroxylation is 1. The Kier molecular flexibility index (Phi) is 2.98. The molecule has 0 unspecified atom stereocenters. The topological polar surface area (TPSA) is 17.1 Å². The highest BCUT2D eigenvalue weighted by molar-refractivity contribution is 6.30. The monoisotopic (exact) mass is 204 g/mol. The molecule has 0 aliphatic heterocycles. The van der Waals surface area contributed by atoms with Crippen molar-refractivity contribution in [3.8, 4) is 0 Å². The van der Waals surface area contributed by atoms with Gasteiger partial charge in [0.2, 0.25) is 0 Å². The molecule has 0 bridgehead atoms. The third kappa shape index (κ3) is 2.04. The molecule has 0 fully saturated rings. The van der Waals surface area contributed by atoms with Gasteiger partial charge in [-0.25, -0.2) is 8.78 Å². The van der Waals surface area contributed by atoms with E-state index in [9.17, 15) is 13.6 Å². The Morgan fingerprint density at radius 2 is 1.92 bits per heavy atom. The molecule has 70 valence electrons. The number of alkyl halides is 1. The van der Waals surface area contributed by atoms with E-state index in [1.54, 1.807) is 0 Å². The molecule has 1 aromatic carbocycles. The smallest absolute Gasteiger partial charge is 0.177 e. The van der Waals surface area contributed by atoms with Crippen LogP contribution in [0, 0.1) is 18.6 Å². The molecule has 0 saturated carbocycles. The Hall–Kier alpha value is -0.960. The summed E-state index contributed by atoms with van der Waals surface area (Å²) in [5, 5.41) is 0. The van der Waals surface area contributed by atoms with Crippen molar-refractivity contribution in [3.63, 3.8) is 0 Å². The Morgan fingerprint density at radius 3 is 2.46 bits per heavy atom. The van der Waals surface area contributed by atoms with Crippen molar-refractivity contribution in [1.82, 2.24) is 0 Å². The Bertz CT molecular complexity index is 350. The first-order valence-corrected chi connectivity index (χ1v) is 4.14. The van der Waals surface area contributed by atoms with Gasteiger partial charge >= 0.3 is 0 Å². The van der Waals surface area contributed by atoms with E-state index in [2.05, 4.69) is 0 Å². The minimum Gasteiger partial charge on any atom is -0.293 e. The number of carbonyl (C=O) groups is 1. The fraction of sp³-hybridized carbons (Fsp3) is 0.222. The van der Waals surface area contributed by atoms with Crippen LogP contribution in [0.1, 0.15) is 15.9 Å². The summed E-state index contributed by atoms with van der Waals surface area (Å²) in [5.74, 6) is -2.62. The minimum atomic E-state index is -1.03.